The minimum atomic E-state index is -1.27. The Hall–Kier alpha value is -3.75. The summed E-state index contributed by atoms with van der Waals surface area (Å²) in [7, 11) is 0. The van der Waals surface area contributed by atoms with Crippen molar-refractivity contribution < 1.29 is 24.2 Å². The van der Waals surface area contributed by atoms with E-state index in [1.807, 2.05) is 91.9 Å². The van der Waals surface area contributed by atoms with E-state index in [0.29, 0.717) is 39.0 Å². The molecule has 8 heteroatoms. The fourth-order valence-electron chi connectivity index (χ4n) is 7.16. The molecule has 2 saturated heterocycles. The highest BCUT2D eigenvalue weighted by Gasteiger charge is 2.74. The summed E-state index contributed by atoms with van der Waals surface area (Å²) in [5.74, 6) is -2.20. The third kappa shape index (κ3) is 4.59. The number of hydrogen-bond donors (Lipinski definition) is 1. The van der Waals surface area contributed by atoms with Crippen LogP contribution in [0.4, 0.5) is 5.69 Å². The van der Waals surface area contributed by atoms with Crippen LogP contribution < -0.4 is 4.90 Å². The van der Waals surface area contributed by atoms with E-state index in [1.165, 1.54) is 0 Å². The summed E-state index contributed by atoms with van der Waals surface area (Å²) in [5, 5.41) is 9.30. The van der Waals surface area contributed by atoms with Crippen LogP contribution in [0.2, 0.25) is 0 Å². The van der Waals surface area contributed by atoms with Gasteiger partial charge in [0.25, 0.3) is 0 Å². The van der Waals surface area contributed by atoms with Crippen molar-refractivity contribution in [2.24, 2.45) is 11.8 Å². The zero-order chi connectivity index (χ0) is 28.6. The highest BCUT2D eigenvalue weighted by molar-refractivity contribution is 6.04. The molecule has 0 saturated carbocycles. The molecule has 1 unspecified atom stereocenters. The number of amides is 3. The number of anilines is 1. The second-order valence-electron chi connectivity index (χ2n) is 11.6. The van der Waals surface area contributed by atoms with Crippen molar-refractivity contribution in [1.29, 1.82) is 0 Å². The summed E-state index contributed by atoms with van der Waals surface area (Å²) in [6.45, 7) is 3.48. The maximum absolute atomic E-state index is 14.4. The molecule has 4 aliphatic heterocycles. The van der Waals surface area contributed by atoms with E-state index in [-0.39, 0.29) is 24.3 Å². The molecule has 5 atom stereocenters. The van der Waals surface area contributed by atoms with Gasteiger partial charge in [-0.1, -0.05) is 72.8 Å². The van der Waals surface area contributed by atoms with Gasteiger partial charge < -0.3 is 24.5 Å². The van der Waals surface area contributed by atoms with E-state index in [9.17, 15) is 19.5 Å². The number of hydrogen-bond acceptors (Lipinski definition) is 5. The number of aliphatic hydroxyl groups excluding tert-OH is 1. The van der Waals surface area contributed by atoms with Gasteiger partial charge in [0.2, 0.25) is 17.7 Å². The van der Waals surface area contributed by atoms with Gasteiger partial charge in [-0.3, -0.25) is 14.4 Å². The van der Waals surface area contributed by atoms with Crippen LogP contribution in [0.5, 0.6) is 0 Å². The van der Waals surface area contributed by atoms with E-state index < -0.39 is 29.1 Å². The van der Waals surface area contributed by atoms with Gasteiger partial charge in [0.15, 0.2) is 0 Å². The minimum Gasteiger partial charge on any atom is -0.396 e. The molecule has 6 rings (SSSR count). The third-order valence-corrected chi connectivity index (χ3v) is 8.98. The first-order valence-electron chi connectivity index (χ1n) is 14.6. The normalized spacial score (nSPS) is 30.7. The lowest BCUT2D eigenvalue weighted by Gasteiger charge is -2.37. The Kier molecular flexibility index (Phi) is 7.30. The second kappa shape index (κ2) is 10.9. The van der Waals surface area contributed by atoms with Crippen molar-refractivity contribution in [3.63, 3.8) is 0 Å². The number of ether oxygens (including phenoxy) is 1. The van der Waals surface area contributed by atoms with Crippen molar-refractivity contribution in [2.75, 3.05) is 31.1 Å². The maximum Gasteiger partial charge on any atom is 0.249 e. The summed E-state index contributed by atoms with van der Waals surface area (Å²) in [6.07, 6.45) is 9.66. The SMILES string of the molecule is C[C@@]12C=CCN(c3ccccc3)C(=O)[C@@H]1[C@H]1C(=O)N(CCCCCO)C3C(=O)N(Cc4ccccc4)CC=C[C@@]31O2. The molecule has 1 spiro atoms. The van der Waals surface area contributed by atoms with E-state index in [0.717, 1.165) is 17.7 Å². The zero-order valence-electron chi connectivity index (χ0n) is 23.4. The Morgan fingerprint density at radius 2 is 1.54 bits per heavy atom. The van der Waals surface area contributed by atoms with Crippen molar-refractivity contribution in [3.05, 3.63) is 90.5 Å². The summed E-state index contributed by atoms with van der Waals surface area (Å²) in [4.78, 5) is 48.4. The van der Waals surface area contributed by atoms with Crippen molar-refractivity contribution in [3.8, 4) is 0 Å². The number of nitrogens with zero attached hydrogens (tertiary/aromatic N) is 3. The number of para-hydroxylation sites is 1. The molecule has 4 aliphatic rings. The van der Waals surface area contributed by atoms with E-state index in [4.69, 9.17) is 4.74 Å². The number of carbonyl (C=O) groups excluding carboxylic acids is 3. The van der Waals surface area contributed by atoms with Crippen molar-refractivity contribution in [1.82, 2.24) is 9.80 Å². The molecular weight excluding hydrogens is 518 g/mol. The number of unbranched alkanes of at least 4 members (excludes halogenated alkanes) is 2. The lowest BCUT2D eigenvalue weighted by atomic mass is 9.74. The predicted molar refractivity (Wildman–Crippen MR) is 155 cm³/mol. The second-order valence-corrected chi connectivity index (χ2v) is 11.6. The Balaban J connectivity index is 1.41. The fraction of sp³-hybridized carbons (Fsp3) is 0.424. The van der Waals surface area contributed by atoms with Crippen molar-refractivity contribution in [2.45, 2.75) is 50.0 Å². The average Bonchev–Trinajstić information content (AvgIpc) is 3.25. The minimum absolute atomic E-state index is 0.0795. The quantitative estimate of drug-likeness (QED) is 0.399. The molecule has 2 aromatic rings. The molecule has 2 fully saturated rings. The number of likely N-dealkylation sites (tertiary alicyclic amines) is 1. The van der Waals surface area contributed by atoms with Crippen LogP contribution in [0, 0.1) is 11.8 Å². The van der Waals surface area contributed by atoms with Gasteiger partial charge in [0.05, 0.1) is 17.4 Å². The van der Waals surface area contributed by atoms with E-state index in [1.54, 1.807) is 14.7 Å². The Morgan fingerprint density at radius 1 is 0.829 bits per heavy atom. The van der Waals surface area contributed by atoms with Gasteiger partial charge in [0, 0.05) is 38.5 Å². The van der Waals surface area contributed by atoms with Crippen LogP contribution in [0.15, 0.2) is 85.0 Å². The number of fused-ring (bicyclic) bond motifs is 2. The molecule has 2 aromatic carbocycles. The monoisotopic (exact) mass is 555 g/mol. The van der Waals surface area contributed by atoms with Crippen LogP contribution in [-0.2, 0) is 25.7 Å². The molecule has 0 radical (unpaired) electrons. The fourth-order valence-corrected chi connectivity index (χ4v) is 7.16. The summed E-state index contributed by atoms with van der Waals surface area (Å²) in [5.41, 5.74) is -0.560. The van der Waals surface area contributed by atoms with Crippen LogP contribution in [0.3, 0.4) is 0 Å². The summed E-state index contributed by atoms with van der Waals surface area (Å²) in [6, 6.07) is 18.4. The van der Waals surface area contributed by atoms with E-state index in [2.05, 4.69) is 0 Å². The summed E-state index contributed by atoms with van der Waals surface area (Å²) >= 11 is 0. The van der Waals surface area contributed by atoms with Gasteiger partial charge in [-0.15, -0.1) is 0 Å². The largest absolute Gasteiger partial charge is 0.396 e. The molecule has 3 amide bonds. The number of carbonyl (C=O) groups is 3. The van der Waals surface area contributed by atoms with Gasteiger partial charge in [0.1, 0.15) is 11.6 Å². The molecule has 0 bridgehead atoms. The molecule has 4 heterocycles. The molecular formula is C33H37N3O5. The first kappa shape index (κ1) is 27.4. The van der Waals surface area contributed by atoms with Gasteiger partial charge in [-0.25, -0.2) is 0 Å². The van der Waals surface area contributed by atoms with Gasteiger partial charge >= 0.3 is 0 Å². The Labute approximate surface area is 240 Å². The molecule has 0 aliphatic carbocycles. The molecule has 1 N–H and O–H groups in total. The third-order valence-electron chi connectivity index (χ3n) is 8.98. The summed E-state index contributed by atoms with van der Waals surface area (Å²) < 4.78 is 6.91. The smallest absolute Gasteiger partial charge is 0.249 e. The predicted octanol–water partition coefficient (Wildman–Crippen LogP) is 3.32. The molecule has 8 nitrogen and oxygen atoms in total. The zero-order valence-corrected chi connectivity index (χ0v) is 23.4. The number of rotatable bonds is 8. The Bertz CT molecular complexity index is 1360. The van der Waals surface area contributed by atoms with E-state index >= 15 is 0 Å². The molecule has 41 heavy (non-hydrogen) atoms. The van der Waals surface area contributed by atoms with Crippen LogP contribution in [0.25, 0.3) is 0 Å². The average molecular weight is 556 g/mol. The highest BCUT2D eigenvalue weighted by atomic mass is 16.5. The van der Waals surface area contributed by atoms with Gasteiger partial charge in [-0.2, -0.15) is 0 Å². The van der Waals surface area contributed by atoms with Crippen LogP contribution in [0.1, 0.15) is 31.7 Å². The van der Waals surface area contributed by atoms with Crippen molar-refractivity contribution >= 4 is 23.4 Å². The maximum atomic E-state index is 14.4. The lowest BCUT2D eigenvalue weighted by Crippen LogP contribution is -2.55. The lowest BCUT2D eigenvalue weighted by molar-refractivity contribution is -0.151. The first-order chi connectivity index (χ1) is 19.9. The number of aliphatic hydroxyl groups is 1. The molecule has 214 valence electrons. The highest BCUT2D eigenvalue weighted by Crippen LogP contribution is 2.57. The van der Waals surface area contributed by atoms with Gasteiger partial charge in [-0.05, 0) is 43.9 Å². The number of benzene rings is 2. The standard InChI is InChI=1S/C33H37N3O5/c1-32-17-11-21-35(25-15-7-3-8-16-25)29(38)26(32)27-30(39)36(20-9-4-10-22-37)28-31(40)34(19-12-18-33(27,28)41-32)23-24-13-5-2-6-14-24/h2-3,5-8,11-18,26-28,37H,4,9-10,19-23H2,1H3/t26-,27-,28?,32+,33-/m0/s1. The van der Waals surface area contributed by atoms with Crippen LogP contribution in [-0.4, -0.2) is 76.1 Å². The first-order valence-corrected chi connectivity index (χ1v) is 14.6. The van der Waals surface area contributed by atoms with Crippen LogP contribution >= 0.6 is 0 Å². The molecule has 0 aromatic heterocycles. The topological polar surface area (TPSA) is 90.4 Å². The Morgan fingerprint density at radius 3 is 2.27 bits per heavy atom.